The molecule has 0 saturated heterocycles. The van der Waals surface area contributed by atoms with E-state index >= 15 is 0 Å². The number of fused-ring (bicyclic) bond motifs is 4. The molecule has 49 heavy (non-hydrogen) atoms. The van der Waals surface area contributed by atoms with Crippen molar-refractivity contribution in [3.8, 4) is 22.3 Å². The summed E-state index contributed by atoms with van der Waals surface area (Å²) < 4.78 is 0. The Morgan fingerprint density at radius 2 is 0.939 bits per heavy atom. The van der Waals surface area contributed by atoms with Crippen molar-refractivity contribution in [2.45, 2.75) is 34.1 Å². The summed E-state index contributed by atoms with van der Waals surface area (Å²) in [4.78, 5) is 0. The van der Waals surface area contributed by atoms with Gasteiger partial charge in [0.1, 0.15) is 0 Å². The monoisotopic (exact) mass is 772 g/mol. The van der Waals surface area contributed by atoms with Gasteiger partial charge in [0.15, 0.2) is 0 Å². The van der Waals surface area contributed by atoms with E-state index in [1.807, 2.05) is 0 Å². The maximum atomic E-state index is 3.06. The van der Waals surface area contributed by atoms with Crippen LogP contribution in [0.25, 0.3) is 65.3 Å². The quantitative estimate of drug-likeness (QED) is 0.124. The van der Waals surface area contributed by atoms with E-state index < -0.39 is 0 Å². The van der Waals surface area contributed by atoms with Gasteiger partial charge in [0.25, 0.3) is 0 Å². The molecule has 0 aliphatic carbocycles. The van der Waals surface area contributed by atoms with E-state index in [1.165, 1.54) is 111 Å². The molecule has 0 unspecified atom stereocenters. The van der Waals surface area contributed by atoms with Crippen molar-refractivity contribution in [1.82, 2.24) is 0 Å². The second kappa shape index (κ2) is 18.7. The Morgan fingerprint density at radius 3 is 1.41 bits per heavy atom. The Balaban J connectivity index is 0.000000301. The summed E-state index contributed by atoms with van der Waals surface area (Å²) in [6.45, 7) is 11.8. The molecule has 0 fully saturated rings. The van der Waals surface area contributed by atoms with Gasteiger partial charge in [0, 0.05) is 0 Å². The van der Waals surface area contributed by atoms with Crippen molar-refractivity contribution in [3.05, 3.63) is 171 Å². The van der Waals surface area contributed by atoms with Crippen molar-refractivity contribution in [2.24, 2.45) is 0 Å². The van der Waals surface area contributed by atoms with Gasteiger partial charge in [-0.05, 0) is 51.2 Å². The zero-order valence-electron chi connectivity index (χ0n) is 29.2. The molecular weight excluding hydrogens is 731 g/mol. The summed E-state index contributed by atoms with van der Waals surface area (Å²) in [5.41, 5.74) is 10.7. The second-order valence-corrected chi connectivity index (χ2v) is 11.9. The molecule has 250 valence electrons. The van der Waals surface area contributed by atoms with Gasteiger partial charge in [-0.1, -0.05) is 124 Å². The average Bonchev–Trinajstić information content (AvgIpc) is 3.71. The molecule has 0 bridgehead atoms. The Morgan fingerprint density at radius 1 is 0.510 bits per heavy atom. The summed E-state index contributed by atoms with van der Waals surface area (Å²) in [6.07, 6.45) is 1.09. The molecule has 4 heteroatoms. The molecule has 8 aromatic carbocycles. The molecule has 0 heterocycles. The van der Waals surface area contributed by atoms with Gasteiger partial charge >= 0.3 is 30.2 Å². The summed E-state index contributed by atoms with van der Waals surface area (Å²) in [5, 5.41) is 10.7. The fourth-order valence-electron chi connectivity index (χ4n) is 6.52. The third-order valence-electron chi connectivity index (χ3n) is 8.94. The first-order valence-electron chi connectivity index (χ1n) is 15.6. The zero-order valence-corrected chi connectivity index (χ0v) is 34.3. The predicted molar refractivity (Wildman–Crippen MR) is 222 cm³/mol. The first-order chi connectivity index (χ1) is 22.0. The van der Waals surface area contributed by atoms with E-state index in [2.05, 4.69) is 168 Å². The molecule has 8 aromatic rings. The van der Waals surface area contributed by atoms with Gasteiger partial charge in [-0.2, -0.15) is 12.1 Å². The van der Waals surface area contributed by atoms with Crippen molar-refractivity contribution in [1.29, 1.82) is 0 Å². The number of hydrogen-bond donors (Lipinski definition) is 0. The van der Waals surface area contributed by atoms with Crippen molar-refractivity contribution >= 4 is 74.8 Å². The maximum absolute atomic E-state index is 3.06. The molecule has 0 atom stereocenters. The molecule has 0 aliphatic heterocycles. The van der Waals surface area contributed by atoms with E-state index in [0.29, 0.717) is 0 Å². The number of halogens is 2. The van der Waals surface area contributed by atoms with Gasteiger partial charge in [-0.3, -0.25) is 0 Å². The van der Waals surface area contributed by atoms with Gasteiger partial charge in [0.2, 0.25) is 0 Å². The van der Waals surface area contributed by atoms with Crippen LogP contribution in [-0.4, -0.2) is 6.88 Å². The van der Waals surface area contributed by atoms with Crippen LogP contribution in [0.3, 0.4) is 0 Å². The Kier molecular flexibility index (Phi) is 16.0. The van der Waals surface area contributed by atoms with Gasteiger partial charge in [-0.25, -0.2) is 0 Å². The molecule has 0 spiro atoms. The number of benzene rings is 6. The fourth-order valence-corrected chi connectivity index (χ4v) is 6.52. The van der Waals surface area contributed by atoms with Crippen LogP contribution >= 0.6 is 24.8 Å². The normalized spacial score (nSPS) is 10.0. The zero-order chi connectivity index (χ0) is 31.5. The van der Waals surface area contributed by atoms with E-state index in [9.17, 15) is 0 Å². The van der Waals surface area contributed by atoms with Crippen LogP contribution in [0.1, 0.15) is 29.2 Å². The second-order valence-electron chi connectivity index (χ2n) is 11.9. The van der Waals surface area contributed by atoms with E-state index in [1.54, 1.807) is 0 Å². The SMILES string of the molecule is CCc1cc2c(-c3ccc4ccccc4c3)ccc(C)c2[cH-]1.Cc1cc2c(-c3ccc4ccccc4c3)ccc(C)c2[cH-]1.Cl.Cl.[CH3-].[CH3-].[Si]=[Zr]. The topological polar surface area (TPSA) is 0 Å². The standard InChI is InChI=1S/C22H19.C21H17.2CH3.2ClH.Si.Zr/c1-3-16-12-21-15(2)8-11-20(22(21)13-16)19-10-9-17-6-4-5-7-18(17)14-19;1-14-11-20-15(2)7-10-19(21(20)12-14)18-9-8-16-5-3-4-6-17(16)13-18;;;;;;/h4-14H,3H2,1-2H3;3-13H,1-2H3;2*1H3;2*1H;;/q4*-1;;;;. The molecule has 0 amide bonds. The van der Waals surface area contributed by atoms with E-state index in [-0.39, 0.29) is 39.7 Å². The van der Waals surface area contributed by atoms with Crippen molar-refractivity contribution < 1.29 is 23.3 Å². The molecule has 0 N–H and O–H groups in total. The van der Waals surface area contributed by atoms with Crippen LogP contribution in [0.2, 0.25) is 0 Å². The van der Waals surface area contributed by atoms with Crippen LogP contribution in [0.5, 0.6) is 0 Å². The van der Waals surface area contributed by atoms with Crippen LogP contribution in [0, 0.1) is 35.6 Å². The number of rotatable bonds is 3. The number of hydrogen-bond acceptors (Lipinski definition) is 0. The molecule has 0 aliphatic rings. The first kappa shape index (κ1) is 41.9. The molecule has 2 radical (unpaired) electrons. The van der Waals surface area contributed by atoms with Crippen molar-refractivity contribution in [3.63, 3.8) is 0 Å². The van der Waals surface area contributed by atoms with Crippen molar-refractivity contribution in [2.75, 3.05) is 0 Å². The van der Waals surface area contributed by atoms with Crippen LogP contribution in [0.4, 0.5) is 0 Å². The summed E-state index contributed by atoms with van der Waals surface area (Å²) in [6, 6.07) is 48.9. The van der Waals surface area contributed by atoms with Crippen LogP contribution in [0.15, 0.2) is 133 Å². The third kappa shape index (κ3) is 8.73. The summed E-state index contributed by atoms with van der Waals surface area (Å²) in [7, 11) is 0. The fraction of sp³-hybridized carbons (Fsp3) is 0.111. The molecular formula is C45H44Cl2SiZr-4. The Labute approximate surface area is 322 Å². The predicted octanol–water partition coefficient (Wildman–Crippen LogP) is 13.6. The van der Waals surface area contributed by atoms with Gasteiger partial charge < -0.3 is 14.9 Å². The molecule has 0 saturated carbocycles. The summed E-state index contributed by atoms with van der Waals surface area (Å²) >= 11 is 1.36. The van der Waals surface area contributed by atoms with E-state index in [0.717, 1.165) is 6.42 Å². The summed E-state index contributed by atoms with van der Waals surface area (Å²) in [5.74, 6) is 0. The van der Waals surface area contributed by atoms with Gasteiger partial charge in [-0.15, -0.1) is 92.9 Å². The van der Waals surface area contributed by atoms with Gasteiger partial charge in [0.05, 0.1) is 0 Å². The molecule has 0 nitrogen and oxygen atoms in total. The first-order valence-corrected chi connectivity index (χ1v) is 19.8. The molecule has 0 aromatic heterocycles. The van der Waals surface area contributed by atoms with Crippen LogP contribution in [-0.2, 0) is 29.8 Å². The molecule has 8 rings (SSSR count). The Bertz CT molecular complexity index is 2290. The number of aryl methyl sites for hydroxylation is 4. The Hall–Kier alpha value is -3.26. The minimum atomic E-state index is 0. The van der Waals surface area contributed by atoms with Crippen LogP contribution < -0.4 is 0 Å². The van der Waals surface area contributed by atoms with E-state index in [4.69, 9.17) is 0 Å². The minimum absolute atomic E-state index is 0. The average molecular weight is 775 g/mol. The third-order valence-corrected chi connectivity index (χ3v) is 8.94.